The number of hydrogen-bond acceptors (Lipinski definition) is 3. The van der Waals surface area contributed by atoms with Gasteiger partial charge in [-0.3, -0.25) is 4.98 Å². The summed E-state index contributed by atoms with van der Waals surface area (Å²) in [6.07, 6.45) is 4.51. The van der Waals surface area contributed by atoms with Crippen molar-refractivity contribution in [3.05, 3.63) is 16.3 Å². The number of piperidine rings is 1. The van der Waals surface area contributed by atoms with Gasteiger partial charge in [-0.15, -0.1) is 0 Å². The van der Waals surface area contributed by atoms with Gasteiger partial charge in [-0.05, 0) is 40.2 Å². The Balaban J connectivity index is 2.09. The van der Waals surface area contributed by atoms with Crippen LogP contribution in [0.5, 0.6) is 0 Å². The summed E-state index contributed by atoms with van der Waals surface area (Å²) in [6, 6.07) is 0.461. The van der Waals surface area contributed by atoms with E-state index < -0.39 is 0 Å². The molecule has 2 N–H and O–H groups in total. The van der Waals surface area contributed by atoms with E-state index in [2.05, 4.69) is 15.4 Å². The van der Waals surface area contributed by atoms with Gasteiger partial charge in [-0.1, -0.05) is 6.42 Å². The van der Waals surface area contributed by atoms with Gasteiger partial charge in [0.25, 0.3) is 0 Å². The first kappa shape index (κ1) is 12.4. The maximum absolute atomic E-state index is 11.8. The molecule has 0 bridgehead atoms. The quantitative estimate of drug-likeness (QED) is 0.808. The van der Waals surface area contributed by atoms with Crippen molar-refractivity contribution in [2.24, 2.45) is 0 Å². The molecule has 0 aliphatic carbocycles. The molecule has 1 aliphatic heterocycles. The van der Waals surface area contributed by atoms with E-state index in [9.17, 15) is 4.79 Å². The summed E-state index contributed by atoms with van der Waals surface area (Å²) in [4.78, 5) is 14.6. The third-order valence-electron chi connectivity index (χ3n) is 3.15. The van der Waals surface area contributed by atoms with Crippen LogP contribution in [0, 0.1) is 0 Å². The molecule has 0 spiro atoms. The van der Waals surface area contributed by atoms with Crippen molar-refractivity contribution in [3.63, 3.8) is 0 Å². The van der Waals surface area contributed by atoms with Gasteiger partial charge in [-0.25, -0.2) is 9.48 Å². The van der Waals surface area contributed by atoms with Crippen molar-refractivity contribution in [2.75, 3.05) is 6.54 Å². The SMILES string of the molecule is CC(C)(C)n1nc(CC2CCCCN2)[nH]c1=O. The van der Waals surface area contributed by atoms with Crippen LogP contribution in [0.3, 0.4) is 0 Å². The van der Waals surface area contributed by atoms with Crippen LogP contribution < -0.4 is 11.0 Å². The molecule has 0 amide bonds. The Morgan fingerprint density at radius 3 is 2.71 bits per heavy atom. The molecule has 0 radical (unpaired) electrons. The Hall–Kier alpha value is -1.10. The molecular formula is C12H22N4O. The maximum atomic E-state index is 11.8. The molecule has 1 saturated heterocycles. The number of aromatic nitrogens is 3. The zero-order chi connectivity index (χ0) is 12.5. The van der Waals surface area contributed by atoms with Crippen LogP contribution in [0.25, 0.3) is 0 Å². The lowest BCUT2D eigenvalue weighted by Crippen LogP contribution is -2.36. The second-order valence-electron chi connectivity index (χ2n) is 5.81. The van der Waals surface area contributed by atoms with E-state index in [-0.39, 0.29) is 11.2 Å². The van der Waals surface area contributed by atoms with Crippen molar-refractivity contribution < 1.29 is 0 Å². The highest BCUT2D eigenvalue weighted by atomic mass is 16.2. The summed E-state index contributed by atoms with van der Waals surface area (Å²) in [6.45, 7) is 7.03. The largest absolute Gasteiger partial charge is 0.343 e. The Kier molecular flexibility index (Phi) is 3.38. The lowest BCUT2D eigenvalue weighted by molar-refractivity contribution is 0.339. The van der Waals surface area contributed by atoms with Crippen LogP contribution in [0.2, 0.25) is 0 Å². The Morgan fingerprint density at radius 2 is 2.18 bits per heavy atom. The molecule has 5 heteroatoms. The molecule has 5 nitrogen and oxygen atoms in total. The summed E-state index contributed by atoms with van der Waals surface area (Å²) < 4.78 is 1.53. The maximum Gasteiger partial charge on any atom is 0.343 e. The molecule has 0 saturated carbocycles. The van der Waals surface area contributed by atoms with Crippen LogP contribution in [0.15, 0.2) is 4.79 Å². The second-order valence-corrected chi connectivity index (χ2v) is 5.81. The Morgan fingerprint density at radius 1 is 1.41 bits per heavy atom. The number of nitrogens with zero attached hydrogens (tertiary/aromatic N) is 2. The second kappa shape index (κ2) is 4.64. The molecule has 1 aromatic rings. The van der Waals surface area contributed by atoms with Crippen LogP contribution in [-0.4, -0.2) is 27.4 Å². The first-order valence-electron chi connectivity index (χ1n) is 6.39. The lowest BCUT2D eigenvalue weighted by Gasteiger charge is -2.22. The Bertz CT molecular complexity index is 420. The van der Waals surface area contributed by atoms with Crippen molar-refractivity contribution in [1.29, 1.82) is 0 Å². The van der Waals surface area contributed by atoms with E-state index in [0.717, 1.165) is 18.8 Å². The molecule has 1 fully saturated rings. The van der Waals surface area contributed by atoms with Crippen molar-refractivity contribution in [1.82, 2.24) is 20.1 Å². The fourth-order valence-electron chi connectivity index (χ4n) is 2.25. The van der Waals surface area contributed by atoms with E-state index in [1.54, 1.807) is 0 Å². The molecule has 1 aromatic heterocycles. The summed E-state index contributed by atoms with van der Waals surface area (Å²) in [7, 11) is 0. The zero-order valence-corrected chi connectivity index (χ0v) is 10.9. The molecule has 2 rings (SSSR count). The summed E-state index contributed by atoms with van der Waals surface area (Å²) in [5, 5.41) is 7.85. The molecule has 0 aromatic carbocycles. The van der Waals surface area contributed by atoms with E-state index in [1.165, 1.54) is 23.9 Å². The fourth-order valence-corrected chi connectivity index (χ4v) is 2.25. The summed E-state index contributed by atoms with van der Waals surface area (Å²) >= 11 is 0. The molecule has 2 heterocycles. The van der Waals surface area contributed by atoms with Crippen molar-refractivity contribution >= 4 is 0 Å². The van der Waals surface area contributed by atoms with E-state index in [1.807, 2.05) is 20.8 Å². The lowest BCUT2D eigenvalue weighted by atomic mass is 10.0. The highest BCUT2D eigenvalue weighted by Gasteiger charge is 2.20. The minimum absolute atomic E-state index is 0.108. The first-order chi connectivity index (χ1) is 7.97. The van der Waals surface area contributed by atoms with Gasteiger partial charge in [0, 0.05) is 12.5 Å². The number of nitrogens with one attached hydrogen (secondary N) is 2. The van der Waals surface area contributed by atoms with E-state index >= 15 is 0 Å². The predicted octanol–water partition coefficient (Wildman–Crippen LogP) is 1.01. The summed E-state index contributed by atoms with van der Waals surface area (Å²) in [5.41, 5.74) is -0.366. The average Bonchev–Trinajstić information content (AvgIpc) is 2.60. The average molecular weight is 238 g/mol. The van der Waals surface area contributed by atoms with Crippen molar-refractivity contribution in [2.45, 2.75) is 58.0 Å². The van der Waals surface area contributed by atoms with Gasteiger partial charge in [0.2, 0.25) is 0 Å². The third-order valence-corrected chi connectivity index (χ3v) is 3.15. The third kappa shape index (κ3) is 2.97. The first-order valence-corrected chi connectivity index (χ1v) is 6.39. The van der Waals surface area contributed by atoms with Gasteiger partial charge in [0.1, 0.15) is 5.82 Å². The van der Waals surface area contributed by atoms with Gasteiger partial charge in [0.05, 0.1) is 5.54 Å². The summed E-state index contributed by atoms with van der Waals surface area (Å²) in [5.74, 6) is 0.796. The monoisotopic (exact) mass is 238 g/mol. The van der Waals surface area contributed by atoms with Gasteiger partial charge in [-0.2, -0.15) is 5.10 Å². The highest BCUT2D eigenvalue weighted by molar-refractivity contribution is 4.91. The molecule has 17 heavy (non-hydrogen) atoms. The van der Waals surface area contributed by atoms with Gasteiger partial charge in [0.15, 0.2) is 0 Å². The number of rotatable bonds is 2. The highest BCUT2D eigenvalue weighted by Crippen LogP contribution is 2.12. The number of aromatic amines is 1. The molecule has 1 unspecified atom stereocenters. The molecule has 96 valence electrons. The van der Waals surface area contributed by atoms with E-state index in [0.29, 0.717) is 6.04 Å². The smallest absolute Gasteiger partial charge is 0.314 e. The van der Waals surface area contributed by atoms with E-state index in [4.69, 9.17) is 0 Å². The minimum Gasteiger partial charge on any atom is -0.314 e. The molecule has 1 aliphatic rings. The van der Waals surface area contributed by atoms with Gasteiger partial charge < -0.3 is 5.32 Å². The van der Waals surface area contributed by atoms with Crippen LogP contribution >= 0.6 is 0 Å². The minimum atomic E-state index is -0.258. The normalized spacial score (nSPS) is 21.7. The Labute approximate surface area is 102 Å². The zero-order valence-electron chi connectivity index (χ0n) is 10.9. The standard InChI is InChI=1S/C12H22N4O/c1-12(2,3)16-11(17)14-10(15-16)8-9-6-4-5-7-13-9/h9,13H,4-8H2,1-3H3,(H,14,15,17). The predicted molar refractivity (Wildman–Crippen MR) is 67.2 cm³/mol. The van der Waals surface area contributed by atoms with Crippen molar-refractivity contribution in [3.8, 4) is 0 Å². The van der Waals surface area contributed by atoms with Crippen LogP contribution in [-0.2, 0) is 12.0 Å². The topological polar surface area (TPSA) is 62.7 Å². The van der Waals surface area contributed by atoms with Crippen LogP contribution in [0.4, 0.5) is 0 Å². The molecular weight excluding hydrogens is 216 g/mol. The number of H-pyrrole nitrogens is 1. The van der Waals surface area contributed by atoms with Gasteiger partial charge >= 0.3 is 5.69 Å². The fraction of sp³-hybridized carbons (Fsp3) is 0.833. The number of hydrogen-bond donors (Lipinski definition) is 2. The molecule has 1 atom stereocenters. The van der Waals surface area contributed by atoms with Crippen LogP contribution in [0.1, 0.15) is 45.9 Å².